The second-order valence-corrected chi connectivity index (χ2v) is 6.99. The van der Waals surface area contributed by atoms with Crippen molar-refractivity contribution >= 4 is 29.1 Å². The number of hydrogen-bond acceptors (Lipinski definition) is 3. The Morgan fingerprint density at radius 3 is 2.54 bits per heavy atom. The van der Waals surface area contributed by atoms with Crippen LogP contribution >= 0.6 is 11.6 Å². The highest BCUT2D eigenvalue weighted by molar-refractivity contribution is 6.31. The Hall–Kier alpha value is -1.59. The van der Waals surface area contributed by atoms with Gasteiger partial charge in [-0.1, -0.05) is 11.6 Å². The van der Waals surface area contributed by atoms with Crippen LogP contribution in [0.4, 0.5) is 5.69 Å². The molecule has 0 bridgehead atoms. The molecule has 130 valence electrons. The van der Waals surface area contributed by atoms with E-state index in [1.165, 1.54) is 6.42 Å². The molecule has 5 nitrogen and oxygen atoms in total. The van der Waals surface area contributed by atoms with Gasteiger partial charge in [-0.05, 0) is 63.4 Å². The van der Waals surface area contributed by atoms with Crippen molar-refractivity contribution in [1.29, 1.82) is 0 Å². The maximum atomic E-state index is 12.8. The molecule has 0 aromatic heterocycles. The van der Waals surface area contributed by atoms with Crippen LogP contribution in [0.15, 0.2) is 18.2 Å². The van der Waals surface area contributed by atoms with E-state index in [9.17, 15) is 9.59 Å². The van der Waals surface area contributed by atoms with Crippen molar-refractivity contribution in [2.45, 2.75) is 32.1 Å². The average Bonchev–Trinajstić information content (AvgIpc) is 2.63. The number of hydrogen-bond donors (Lipinski definition) is 2. The normalized spacial score (nSPS) is 19.1. The molecule has 6 heteroatoms. The quantitative estimate of drug-likeness (QED) is 0.882. The molecule has 0 unspecified atom stereocenters. The Labute approximate surface area is 147 Å². The third-order valence-corrected chi connectivity index (χ3v) is 5.06. The molecule has 2 N–H and O–H groups in total. The van der Waals surface area contributed by atoms with E-state index < -0.39 is 0 Å². The van der Waals surface area contributed by atoms with Crippen LogP contribution in [0.2, 0.25) is 5.02 Å². The van der Waals surface area contributed by atoms with E-state index in [-0.39, 0.29) is 17.7 Å². The number of carbonyl (C=O) groups is 2. The largest absolute Gasteiger partial charge is 0.339 e. The van der Waals surface area contributed by atoms with Crippen molar-refractivity contribution in [2.24, 2.45) is 5.92 Å². The van der Waals surface area contributed by atoms with Gasteiger partial charge in [-0.25, -0.2) is 0 Å². The van der Waals surface area contributed by atoms with Crippen molar-refractivity contribution in [3.8, 4) is 0 Å². The lowest BCUT2D eigenvalue weighted by molar-refractivity contribution is -0.120. The van der Waals surface area contributed by atoms with E-state index in [2.05, 4.69) is 10.6 Å². The van der Waals surface area contributed by atoms with Gasteiger partial charge >= 0.3 is 0 Å². The summed E-state index contributed by atoms with van der Waals surface area (Å²) in [6.07, 6.45) is 4.89. The predicted molar refractivity (Wildman–Crippen MR) is 95.4 cm³/mol. The summed E-state index contributed by atoms with van der Waals surface area (Å²) in [4.78, 5) is 27.2. The number of nitrogens with zero attached hydrogens (tertiary/aromatic N) is 1. The van der Waals surface area contributed by atoms with Gasteiger partial charge in [0.1, 0.15) is 0 Å². The second-order valence-electron chi connectivity index (χ2n) is 6.56. The fraction of sp³-hybridized carbons (Fsp3) is 0.556. The fourth-order valence-corrected chi connectivity index (χ4v) is 3.56. The number of rotatable bonds is 3. The highest BCUT2D eigenvalue weighted by atomic mass is 35.5. The molecule has 2 aliphatic rings. The Balaban J connectivity index is 1.77. The van der Waals surface area contributed by atoms with Gasteiger partial charge in [0.2, 0.25) is 5.91 Å². The summed E-state index contributed by atoms with van der Waals surface area (Å²) in [5.74, 6) is -0.0541. The van der Waals surface area contributed by atoms with Crippen LogP contribution in [0.1, 0.15) is 42.5 Å². The molecule has 0 spiro atoms. The molecular formula is C18H24ClN3O2. The van der Waals surface area contributed by atoms with E-state index in [1.54, 1.807) is 18.2 Å². The van der Waals surface area contributed by atoms with Crippen LogP contribution in [0.25, 0.3) is 0 Å². The van der Waals surface area contributed by atoms with Gasteiger partial charge < -0.3 is 15.5 Å². The summed E-state index contributed by atoms with van der Waals surface area (Å²) in [7, 11) is 0. The van der Waals surface area contributed by atoms with Crippen LogP contribution < -0.4 is 10.6 Å². The van der Waals surface area contributed by atoms with Crippen molar-refractivity contribution < 1.29 is 9.59 Å². The molecule has 0 radical (unpaired) electrons. The zero-order chi connectivity index (χ0) is 16.9. The van der Waals surface area contributed by atoms with Gasteiger partial charge in [0.25, 0.3) is 5.91 Å². The summed E-state index contributed by atoms with van der Waals surface area (Å²) < 4.78 is 0. The Morgan fingerprint density at radius 2 is 1.83 bits per heavy atom. The first kappa shape index (κ1) is 17.2. The van der Waals surface area contributed by atoms with Gasteiger partial charge in [-0.2, -0.15) is 0 Å². The number of benzene rings is 1. The lowest BCUT2D eigenvalue weighted by Gasteiger charge is -2.28. The van der Waals surface area contributed by atoms with Crippen LogP contribution in [0.5, 0.6) is 0 Å². The third-order valence-electron chi connectivity index (χ3n) is 4.82. The summed E-state index contributed by atoms with van der Waals surface area (Å²) in [5, 5.41) is 6.71. The van der Waals surface area contributed by atoms with Gasteiger partial charge in [-0.15, -0.1) is 0 Å². The topological polar surface area (TPSA) is 61.4 Å². The SMILES string of the molecule is O=C(Nc1cc(Cl)ccc1C(=O)N1CCCCC1)C1CCNCC1. The molecule has 1 aromatic rings. The Bertz CT molecular complexity index is 608. The predicted octanol–water partition coefficient (Wildman–Crippen LogP) is 2.90. The average molecular weight is 350 g/mol. The van der Waals surface area contributed by atoms with Gasteiger partial charge in [-0.3, -0.25) is 9.59 Å². The molecule has 3 rings (SSSR count). The molecule has 0 aliphatic carbocycles. The summed E-state index contributed by atoms with van der Waals surface area (Å²) in [5.41, 5.74) is 1.06. The van der Waals surface area contributed by atoms with E-state index in [0.717, 1.165) is 51.9 Å². The lowest BCUT2D eigenvalue weighted by atomic mass is 9.97. The number of likely N-dealkylation sites (tertiary alicyclic amines) is 1. The smallest absolute Gasteiger partial charge is 0.255 e. The number of amides is 2. The van der Waals surface area contributed by atoms with Crippen LogP contribution in [0, 0.1) is 5.92 Å². The van der Waals surface area contributed by atoms with Gasteiger partial charge in [0, 0.05) is 24.0 Å². The first-order valence-corrected chi connectivity index (χ1v) is 9.13. The first-order valence-electron chi connectivity index (χ1n) is 8.75. The van der Waals surface area contributed by atoms with Crippen molar-refractivity contribution in [2.75, 3.05) is 31.5 Å². The lowest BCUT2D eigenvalue weighted by Crippen LogP contribution is -2.37. The molecule has 2 heterocycles. The number of nitrogens with one attached hydrogen (secondary N) is 2. The highest BCUT2D eigenvalue weighted by Gasteiger charge is 2.25. The molecule has 24 heavy (non-hydrogen) atoms. The molecule has 2 fully saturated rings. The summed E-state index contributed by atoms with van der Waals surface area (Å²) >= 11 is 6.09. The maximum Gasteiger partial charge on any atom is 0.255 e. The van der Waals surface area contributed by atoms with E-state index in [1.807, 2.05) is 4.90 Å². The molecular weight excluding hydrogens is 326 g/mol. The zero-order valence-electron chi connectivity index (χ0n) is 13.8. The standard InChI is InChI=1S/C18H24ClN3O2/c19-14-4-5-15(18(24)22-10-2-1-3-11-22)16(12-14)21-17(23)13-6-8-20-9-7-13/h4-5,12-13,20H,1-3,6-11H2,(H,21,23). The monoisotopic (exact) mass is 349 g/mol. The fourth-order valence-electron chi connectivity index (χ4n) is 3.39. The zero-order valence-corrected chi connectivity index (χ0v) is 14.6. The maximum absolute atomic E-state index is 12.8. The number of anilines is 1. The molecule has 0 atom stereocenters. The van der Waals surface area contributed by atoms with Crippen LogP contribution in [0.3, 0.4) is 0 Å². The summed E-state index contributed by atoms with van der Waals surface area (Å²) in [6.45, 7) is 3.27. The molecule has 2 aliphatic heterocycles. The first-order chi connectivity index (χ1) is 11.6. The van der Waals surface area contributed by atoms with Gasteiger partial charge in [0.15, 0.2) is 0 Å². The summed E-state index contributed by atoms with van der Waals surface area (Å²) in [6, 6.07) is 5.11. The van der Waals surface area contributed by atoms with Crippen molar-refractivity contribution in [1.82, 2.24) is 10.2 Å². The molecule has 1 aromatic carbocycles. The van der Waals surface area contributed by atoms with Crippen molar-refractivity contribution in [3.05, 3.63) is 28.8 Å². The minimum Gasteiger partial charge on any atom is -0.339 e. The van der Waals surface area contributed by atoms with E-state index in [0.29, 0.717) is 16.3 Å². The number of carbonyl (C=O) groups excluding carboxylic acids is 2. The minimum absolute atomic E-state index is 0.0110. The van der Waals surface area contributed by atoms with Gasteiger partial charge in [0.05, 0.1) is 11.3 Å². The number of piperidine rings is 2. The molecule has 2 amide bonds. The second kappa shape index (κ2) is 7.99. The highest BCUT2D eigenvalue weighted by Crippen LogP contribution is 2.25. The van der Waals surface area contributed by atoms with Crippen LogP contribution in [-0.2, 0) is 4.79 Å². The van der Waals surface area contributed by atoms with Crippen molar-refractivity contribution in [3.63, 3.8) is 0 Å². The molecule has 2 saturated heterocycles. The van der Waals surface area contributed by atoms with E-state index >= 15 is 0 Å². The third kappa shape index (κ3) is 4.08. The van der Waals surface area contributed by atoms with E-state index in [4.69, 9.17) is 11.6 Å². The Kier molecular flexibility index (Phi) is 5.74. The molecule has 0 saturated carbocycles. The van der Waals surface area contributed by atoms with Crippen LogP contribution in [-0.4, -0.2) is 42.9 Å². The number of halogens is 1. The Morgan fingerprint density at radius 1 is 1.12 bits per heavy atom. The minimum atomic E-state index is -0.0218.